The van der Waals surface area contributed by atoms with Gasteiger partial charge in [-0.2, -0.15) is 0 Å². The molecule has 10 fully saturated rings. The van der Waals surface area contributed by atoms with Crippen molar-refractivity contribution in [2.45, 2.75) is 246 Å². The van der Waals surface area contributed by atoms with Gasteiger partial charge in [0.05, 0.1) is 35.4 Å². The highest BCUT2D eigenvalue weighted by Gasteiger charge is 2.64. The second-order valence-electron chi connectivity index (χ2n) is 31.7. The van der Waals surface area contributed by atoms with Gasteiger partial charge in [0.25, 0.3) is 0 Å². The molecule has 7 saturated carbocycles. The van der Waals surface area contributed by atoms with E-state index in [0.717, 1.165) is 117 Å². The van der Waals surface area contributed by atoms with Crippen LogP contribution in [0.1, 0.15) is 208 Å². The molecule has 3 aliphatic heterocycles. The van der Waals surface area contributed by atoms with Crippen molar-refractivity contribution in [2.75, 3.05) is 6.54 Å². The molecular formula is C74H104N4O6. The van der Waals surface area contributed by atoms with Crippen molar-refractivity contribution >= 4 is 12.1 Å². The summed E-state index contributed by atoms with van der Waals surface area (Å²) >= 11 is 0. The number of nitrogens with zero attached hydrogens (tertiary/aromatic N) is 4. The van der Waals surface area contributed by atoms with E-state index in [4.69, 9.17) is 24.5 Å². The molecule has 23 atom stereocenters. The number of carbonyl (C=O) groups excluding carboxylic acids is 2. The summed E-state index contributed by atoms with van der Waals surface area (Å²) in [5.41, 5.74) is 18.5. The third kappa shape index (κ3) is 10.4. The average molecular weight is 1150 g/mol. The number of hydrogen-bond donors (Lipinski definition) is 0. The largest absolute Gasteiger partial charge is 0.461 e. The standard InChI is InChI=1S/C37H51N3O3.C37H53NO3/c1-22-16-31(35(41)42-21-25-8-6-5-7-9-25)34-24(3)37(43-33(34)17-22)15-13-28-29-11-10-26-18-27(39-40-38)12-14-36(26,4)32(29)19-30(28)23(2)20-37;1-23-13-15-36(5)28(17-23)11-12-30-29-14-16-37(20-25(3)31(29)19-32(30)36)26(4)34-33(41-37)18-24(2)21-38(34)35(39)40-22-27-9-7-6-8-10-27/h5-9,22,24,26-29,31-34H,10-21H2,1-4H3;6-10,23-24,26,28-30,32-34H,11-22H2,1-5H3/t22-,24-,26-,27-,28+,29+,31?,32+,33-,34-,36+,37+;23-,24-,26+,28+,29-,30-,32-,33+,34-,36-,37-/m10/s1. The third-order valence-electron chi connectivity index (χ3n) is 27.3. The highest BCUT2D eigenvalue weighted by atomic mass is 16.6. The van der Waals surface area contributed by atoms with Crippen molar-refractivity contribution in [1.82, 2.24) is 4.90 Å². The van der Waals surface area contributed by atoms with E-state index in [2.05, 4.69) is 77.2 Å². The lowest BCUT2D eigenvalue weighted by Crippen LogP contribution is -2.54. The average Bonchev–Trinajstić information content (AvgIpc) is 1.69. The number of allylic oxidation sites excluding steroid dienone is 2. The molecule has 1 amide bonds. The van der Waals surface area contributed by atoms with Crippen LogP contribution < -0.4 is 0 Å². The van der Waals surface area contributed by atoms with Gasteiger partial charge in [0.2, 0.25) is 0 Å². The number of fused-ring (bicyclic) bond motifs is 12. The molecule has 2 aromatic carbocycles. The number of esters is 1. The molecule has 1 unspecified atom stereocenters. The molecule has 12 aliphatic rings. The fourth-order valence-corrected chi connectivity index (χ4v) is 23.0. The lowest BCUT2D eigenvalue weighted by molar-refractivity contribution is -0.156. The summed E-state index contributed by atoms with van der Waals surface area (Å²) in [5.74, 6) is 8.94. The first kappa shape index (κ1) is 58.9. The minimum atomic E-state index is -0.168. The maximum absolute atomic E-state index is 13.6. The van der Waals surface area contributed by atoms with Gasteiger partial charge >= 0.3 is 12.1 Å². The van der Waals surface area contributed by atoms with E-state index in [9.17, 15) is 9.59 Å². The molecule has 10 nitrogen and oxygen atoms in total. The van der Waals surface area contributed by atoms with Gasteiger partial charge in [-0.15, -0.1) is 0 Å². The zero-order valence-corrected chi connectivity index (χ0v) is 53.0. The zero-order chi connectivity index (χ0) is 58.5. The van der Waals surface area contributed by atoms with Gasteiger partial charge in [-0.05, 0) is 241 Å². The summed E-state index contributed by atoms with van der Waals surface area (Å²) in [7, 11) is 0. The number of ether oxygens (including phenoxy) is 4. The van der Waals surface area contributed by atoms with Crippen molar-refractivity contribution in [2.24, 2.45) is 105 Å². The van der Waals surface area contributed by atoms with Crippen molar-refractivity contribution in [3.63, 3.8) is 0 Å². The number of azide groups is 1. The Morgan fingerprint density at radius 1 is 0.619 bits per heavy atom. The maximum Gasteiger partial charge on any atom is 0.410 e. The monoisotopic (exact) mass is 1140 g/mol. The van der Waals surface area contributed by atoms with Crippen LogP contribution in [0.5, 0.6) is 0 Å². The van der Waals surface area contributed by atoms with Gasteiger partial charge in [0, 0.05) is 29.3 Å². The van der Waals surface area contributed by atoms with E-state index in [0.29, 0.717) is 59.6 Å². The Morgan fingerprint density at radius 3 is 1.77 bits per heavy atom. The van der Waals surface area contributed by atoms with Crippen LogP contribution in [0.25, 0.3) is 10.4 Å². The van der Waals surface area contributed by atoms with Crippen LogP contribution in [-0.4, -0.2) is 59.0 Å². The van der Waals surface area contributed by atoms with Crippen molar-refractivity contribution < 1.29 is 28.5 Å². The minimum Gasteiger partial charge on any atom is -0.461 e. The molecule has 10 heteroatoms. The highest BCUT2D eigenvalue weighted by Crippen LogP contribution is 2.68. The number of benzene rings is 2. The van der Waals surface area contributed by atoms with Crippen LogP contribution in [-0.2, 0) is 37.0 Å². The lowest BCUT2D eigenvalue weighted by atomic mass is 9.51. The number of piperidine rings is 1. The number of likely N-dealkylation sites (tertiary alicyclic amines) is 1. The van der Waals surface area contributed by atoms with Crippen LogP contribution in [0.2, 0.25) is 0 Å². The maximum atomic E-state index is 13.6. The smallest absolute Gasteiger partial charge is 0.410 e. The second kappa shape index (κ2) is 23.1. The lowest BCUT2D eigenvalue weighted by Gasteiger charge is -2.54. The summed E-state index contributed by atoms with van der Waals surface area (Å²) in [5, 5.41) is 4.14. The van der Waals surface area contributed by atoms with Crippen molar-refractivity contribution in [3.05, 3.63) is 105 Å². The zero-order valence-electron chi connectivity index (χ0n) is 53.0. The molecule has 0 radical (unpaired) electrons. The number of hydrogen-bond acceptors (Lipinski definition) is 7. The fourth-order valence-electron chi connectivity index (χ4n) is 23.0. The Morgan fingerprint density at radius 2 is 1.17 bits per heavy atom. The Kier molecular flexibility index (Phi) is 16.2. The summed E-state index contributed by atoms with van der Waals surface area (Å²) in [6.07, 6.45) is 25.6. The van der Waals surface area contributed by atoms with E-state index in [1.807, 2.05) is 66.2 Å². The Hall–Kier alpha value is -4.11. The predicted molar refractivity (Wildman–Crippen MR) is 331 cm³/mol. The third-order valence-corrected chi connectivity index (χ3v) is 27.3. The van der Waals surface area contributed by atoms with Crippen molar-refractivity contribution in [3.8, 4) is 0 Å². The molecule has 2 aromatic rings. The Balaban J connectivity index is 0.000000157. The van der Waals surface area contributed by atoms with Crippen LogP contribution in [0.3, 0.4) is 0 Å². The Bertz CT molecular complexity index is 2870. The Labute approximate surface area is 504 Å². The molecule has 0 bridgehead atoms. The van der Waals surface area contributed by atoms with E-state index >= 15 is 0 Å². The molecule has 3 saturated heterocycles. The number of carbonyl (C=O) groups is 2. The van der Waals surface area contributed by atoms with Crippen LogP contribution >= 0.6 is 0 Å². The number of amides is 1. The van der Waals surface area contributed by atoms with Gasteiger partial charge in [0.1, 0.15) is 13.2 Å². The quantitative estimate of drug-likeness (QED) is 0.0933. The summed E-state index contributed by atoms with van der Waals surface area (Å²) in [4.78, 5) is 32.4. The van der Waals surface area contributed by atoms with Gasteiger partial charge in [-0.1, -0.05) is 143 Å². The van der Waals surface area contributed by atoms with Crippen LogP contribution in [0.4, 0.5) is 4.79 Å². The van der Waals surface area contributed by atoms with Gasteiger partial charge < -0.3 is 23.8 Å². The van der Waals surface area contributed by atoms with Gasteiger partial charge in [-0.25, -0.2) is 4.79 Å². The molecule has 14 rings (SSSR count). The fraction of sp³-hybridized carbons (Fsp3) is 0.757. The van der Waals surface area contributed by atoms with E-state index < -0.39 is 0 Å². The molecule has 0 N–H and O–H groups in total. The van der Waals surface area contributed by atoms with E-state index in [-0.39, 0.29) is 59.4 Å². The highest BCUT2D eigenvalue weighted by molar-refractivity contribution is 5.73. The molecule has 84 heavy (non-hydrogen) atoms. The van der Waals surface area contributed by atoms with Gasteiger partial charge in [-0.3, -0.25) is 4.79 Å². The molecule has 456 valence electrons. The molecule has 9 aliphatic carbocycles. The first-order valence-corrected chi connectivity index (χ1v) is 34.4. The van der Waals surface area contributed by atoms with E-state index in [1.165, 1.54) is 77.0 Å². The van der Waals surface area contributed by atoms with Crippen LogP contribution in [0, 0.1) is 99.6 Å². The normalized spacial score (nSPS) is 45.4. The van der Waals surface area contributed by atoms with Gasteiger partial charge in [0.15, 0.2) is 0 Å². The number of rotatable bonds is 6. The second-order valence-corrected chi connectivity index (χ2v) is 31.7. The summed E-state index contributed by atoms with van der Waals surface area (Å²) in [6.45, 7) is 23.4. The summed E-state index contributed by atoms with van der Waals surface area (Å²) < 4.78 is 26.3. The summed E-state index contributed by atoms with van der Waals surface area (Å²) in [6, 6.07) is 20.4. The molecular weight excluding hydrogens is 1040 g/mol. The first-order valence-electron chi connectivity index (χ1n) is 34.4. The predicted octanol–water partition coefficient (Wildman–Crippen LogP) is 18.0. The van der Waals surface area contributed by atoms with E-state index in [1.54, 1.807) is 16.7 Å². The molecule has 2 spiro atoms. The first-order chi connectivity index (χ1) is 40.4. The topological polar surface area (TPSA) is 123 Å². The van der Waals surface area contributed by atoms with Crippen molar-refractivity contribution in [1.29, 1.82) is 0 Å². The molecule has 0 aromatic heterocycles. The molecule has 3 heterocycles. The minimum absolute atomic E-state index is 0.0264. The van der Waals surface area contributed by atoms with Crippen LogP contribution in [0.15, 0.2) is 88.1 Å². The SMILES string of the molecule is CC1=C2C[C@H]3[C@@H](CC[C@@H]4C[C@@H](C)CC[C@@]43C)[C@@H]2CC[C@@]2(C1)O[C@@H]1C[C@H](C)CN(C(=O)OCc3ccccc3)[C@H]1[C@H]2C.CC1=C2C[C@H]3[C@@H](CC[C@@H]4C[C@H](N=[N+]=[N-])CC[C@@]43C)[C@@H]2CC[C@@]2(C1)O[C@@H]1C[C@H](C)CC(C(=O)OCc3ccccc3)[C@H]1[C@H]2C.